The van der Waals surface area contributed by atoms with Gasteiger partial charge in [0.25, 0.3) is 0 Å². The van der Waals surface area contributed by atoms with Crippen LogP contribution in [0.2, 0.25) is 0 Å². The molecule has 0 atom stereocenters. The number of nitrogen functional groups attached to an aromatic ring is 1. The van der Waals surface area contributed by atoms with Crippen molar-refractivity contribution in [3.8, 4) is 29.2 Å². The molecule has 30 heavy (non-hydrogen) atoms. The van der Waals surface area contributed by atoms with Gasteiger partial charge in [0.15, 0.2) is 11.5 Å². The van der Waals surface area contributed by atoms with E-state index >= 15 is 0 Å². The Morgan fingerprint density at radius 1 is 1.37 bits per heavy atom. The highest BCUT2D eigenvalue weighted by Crippen LogP contribution is 2.44. The number of benzene rings is 1. The van der Waals surface area contributed by atoms with Crippen molar-refractivity contribution < 1.29 is 38.0 Å². The highest BCUT2D eigenvalue weighted by atomic mass is 19.4. The number of aromatic hydroxyl groups is 2. The number of carbonyl (C=O) groups is 1. The van der Waals surface area contributed by atoms with Crippen LogP contribution in [0.25, 0.3) is 0 Å². The number of ether oxygens (including phenoxy) is 1. The number of carboxylic acids is 1. The number of pyridine rings is 1. The Labute approximate surface area is 168 Å². The maximum atomic E-state index is 10.6. The zero-order valence-electron chi connectivity index (χ0n) is 15.5. The smallest absolute Gasteiger partial charge is 0.490 e. The van der Waals surface area contributed by atoms with Gasteiger partial charge in [0, 0.05) is 30.2 Å². The number of phenolic OH excluding ortho intramolecular Hbond substituents is 2. The number of rotatable bonds is 3. The fourth-order valence-electron chi connectivity index (χ4n) is 2.55. The van der Waals surface area contributed by atoms with Crippen molar-refractivity contribution in [3.63, 3.8) is 0 Å². The second-order valence-electron chi connectivity index (χ2n) is 6.10. The standard InChI is InChI=1S/C16H16N4O3.C2HF3O2/c1-2-3-19-14-9-4-8-5-11(21)12(22)6-13(8)23-16(9)20-15(18)10(14)7-17;3-2(4,5)1(6)7/h5-6,21-22H,2-4H2,1H3,(H3,18,19,20);(H,6,7). The normalized spacial score (nSPS) is 11.7. The number of fused-ring (bicyclic) bond motifs is 2. The summed E-state index contributed by atoms with van der Waals surface area (Å²) in [6.45, 7) is 2.70. The van der Waals surface area contributed by atoms with Gasteiger partial charge in [-0.3, -0.25) is 0 Å². The van der Waals surface area contributed by atoms with E-state index in [2.05, 4.69) is 16.4 Å². The van der Waals surface area contributed by atoms with Crippen LogP contribution in [0.15, 0.2) is 12.1 Å². The Balaban J connectivity index is 0.000000396. The summed E-state index contributed by atoms with van der Waals surface area (Å²) in [5.74, 6) is -2.44. The van der Waals surface area contributed by atoms with Gasteiger partial charge >= 0.3 is 12.1 Å². The molecule has 2 heterocycles. The van der Waals surface area contributed by atoms with E-state index in [1.807, 2.05) is 6.92 Å². The number of halogens is 3. The van der Waals surface area contributed by atoms with Gasteiger partial charge in [-0.1, -0.05) is 6.92 Å². The monoisotopic (exact) mass is 426 g/mol. The van der Waals surface area contributed by atoms with Gasteiger partial charge in [0.1, 0.15) is 23.2 Å². The first-order valence-corrected chi connectivity index (χ1v) is 8.48. The highest BCUT2D eigenvalue weighted by molar-refractivity contribution is 5.75. The second kappa shape index (κ2) is 8.64. The molecule has 0 spiro atoms. The molecule has 9 nitrogen and oxygen atoms in total. The average Bonchev–Trinajstić information content (AvgIpc) is 2.65. The second-order valence-corrected chi connectivity index (χ2v) is 6.10. The summed E-state index contributed by atoms with van der Waals surface area (Å²) in [6.07, 6.45) is -3.79. The predicted octanol–water partition coefficient (Wildman–Crippen LogP) is 3.10. The third-order valence-corrected chi connectivity index (χ3v) is 3.93. The first-order valence-electron chi connectivity index (χ1n) is 8.48. The highest BCUT2D eigenvalue weighted by Gasteiger charge is 2.38. The first kappa shape index (κ1) is 22.4. The summed E-state index contributed by atoms with van der Waals surface area (Å²) in [6, 6.07) is 4.85. The fraction of sp³-hybridized carbons (Fsp3) is 0.278. The number of hydrogen-bond donors (Lipinski definition) is 5. The number of hydrogen-bond acceptors (Lipinski definition) is 8. The van der Waals surface area contributed by atoms with E-state index in [0.29, 0.717) is 41.4 Å². The van der Waals surface area contributed by atoms with Crippen LogP contribution in [-0.2, 0) is 11.2 Å². The molecule has 0 bridgehead atoms. The van der Waals surface area contributed by atoms with Crippen LogP contribution in [0.3, 0.4) is 0 Å². The minimum Gasteiger partial charge on any atom is -0.504 e. The van der Waals surface area contributed by atoms with Gasteiger partial charge in [-0.25, -0.2) is 4.79 Å². The Morgan fingerprint density at radius 3 is 2.50 bits per heavy atom. The van der Waals surface area contributed by atoms with E-state index in [0.717, 1.165) is 6.42 Å². The lowest BCUT2D eigenvalue weighted by atomic mass is 9.98. The van der Waals surface area contributed by atoms with Crippen molar-refractivity contribution in [2.45, 2.75) is 25.9 Å². The molecule has 0 saturated carbocycles. The summed E-state index contributed by atoms with van der Waals surface area (Å²) in [7, 11) is 0. The zero-order chi connectivity index (χ0) is 22.6. The Hall–Kier alpha value is -3.88. The van der Waals surface area contributed by atoms with Crippen LogP contribution in [-0.4, -0.2) is 39.0 Å². The molecule has 1 aliphatic rings. The summed E-state index contributed by atoms with van der Waals surface area (Å²) >= 11 is 0. The molecule has 1 aliphatic heterocycles. The lowest BCUT2D eigenvalue weighted by Crippen LogP contribution is -2.21. The lowest BCUT2D eigenvalue weighted by Gasteiger charge is -2.24. The van der Waals surface area contributed by atoms with Crippen molar-refractivity contribution in [2.75, 3.05) is 17.6 Å². The number of aliphatic carboxylic acids is 1. The number of carboxylic acid groups (broad SMARTS) is 1. The summed E-state index contributed by atoms with van der Waals surface area (Å²) in [5, 5.41) is 39.0. The molecule has 3 rings (SSSR count). The molecular formula is C18H17F3N4O5. The maximum Gasteiger partial charge on any atom is 0.490 e. The zero-order valence-corrected chi connectivity index (χ0v) is 15.5. The number of nitrogens with two attached hydrogens (primary N) is 1. The Morgan fingerprint density at radius 2 is 1.97 bits per heavy atom. The van der Waals surface area contributed by atoms with Crippen molar-refractivity contribution in [1.29, 1.82) is 5.26 Å². The molecule has 0 radical (unpaired) electrons. The van der Waals surface area contributed by atoms with Crippen LogP contribution in [0, 0.1) is 11.3 Å². The third-order valence-electron chi connectivity index (χ3n) is 3.93. The SMILES string of the molecule is CCCNc1c(C#N)c(N)nc2c1Cc1cc(O)c(O)cc1O2.O=C(O)C(F)(F)F. The van der Waals surface area contributed by atoms with Gasteiger partial charge in [0.2, 0.25) is 5.88 Å². The molecule has 1 aromatic carbocycles. The molecule has 1 aromatic heterocycles. The number of nitrogens with zero attached hydrogens (tertiary/aromatic N) is 2. The average molecular weight is 426 g/mol. The molecule has 0 amide bonds. The van der Waals surface area contributed by atoms with E-state index in [9.17, 15) is 28.6 Å². The molecule has 2 aromatic rings. The van der Waals surface area contributed by atoms with E-state index in [1.54, 1.807) is 0 Å². The molecular weight excluding hydrogens is 409 g/mol. The van der Waals surface area contributed by atoms with Crippen molar-refractivity contribution >= 4 is 17.5 Å². The molecule has 0 saturated heterocycles. The van der Waals surface area contributed by atoms with E-state index in [4.69, 9.17) is 20.4 Å². The van der Waals surface area contributed by atoms with Gasteiger partial charge in [-0.15, -0.1) is 0 Å². The Kier molecular flexibility index (Phi) is 6.46. The summed E-state index contributed by atoms with van der Waals surface area (Å²) in [4.78, 5) is 13.0. The predicted molar refractivity (Wildman–Crippen MR) is 98.5 cm³/mol. The molecule has 6 N–H and O–H groups in total. The molecule has 12 heteroatoms. The van der Waals surface area contributed by atoms with Gasteiger partial charge in [-0.05, 0) is 12.5 Å². The van der Waals surface area contributed by atoms with E-state index in [1.165, 1.54) is 12.1 Å². The summed E-state index contributed by atoms with van der Waals surface area (Å²) in [5.41, 5.74) is 8.16. The van der Waals surface area contributed by atoms with Crippen LogP contribution in [0.4, 0.5) is 24.7 Å². The topological polar surface area (TPSA) is 162 Å². The molecule has 0 aliphatic carbocycles. The summed E-state index contributed by atoms with van der Waals surface area (Å²) < 4.78 is 37.4. The van der Waals surface area contributed by atoms with Crippen LogP contribution >= 0.6 is 0 Å². The van der Waals surface area contributed by atoms with Crippen molar-refractivity contribution in [3.05, 3.63) is 28.8 Å². The van der Waals surface area contributed by atoms with Crippen LogP contribution < -0.4 is 15.8 Å². The molecule has 0 unspecified atom stereocenters. The Bertz CT molecular complexity index is 1020. The number of alkyl halides is 3. The van der Waals surface area contributed by atoms with Gasteiger partial charge < -0.3 is 31.1 Å². The number of nitrogens with one attached hydrogen (secondary N) is 1. The number of aromatic nitrogens is 1. The number of nitriles is 1. The third kappa shape index (κ3) is 4.75. The lowest BCUT2D eigenvalue weighted by molar-refractivity contribution is -0.192. The minimum atomic E-state index is -5.08. The quantitative estimate of drug-likeness (QED) is 0.396. The van der Waals surface area contributed by atoms with Gasteiger partial charge in [0.05, 0.1) is 5.69 Å². The number of phenols is 2. The fourth-order valence-corrected chi connectivity index (χ4v) is 2.55. The van der Waals surface area contributed by atoms with Gasteiger partial charge in [-0.2, -0.15) is 23.4 Å². The van der Waals surface area contributed by atoms with Crippen LogP contribution in [0.1, 0.15) is 30.0 Å². The first-order chi connectivity index (χ1) is 14.0. The largest absolute Gasteiger partial charge is 0.504 e. The van der Waals surface area contributed by atoms with E-state index < -0.39 is 12.1 Å². The maximum absolute atomic E-state index is 10.6. The van der Waals surface area contributed by atoms with Crippen molar-refractivity contribution in [2.24, 2.45) is 0 Å². The molecule has 160 valence electrons. The number of anilines is 2. The van der Waals surface area contributed by atoms with Crippen molar-refractivity contribution in [1.82, 2.24) is 4.98 Å². The molecule has 0 fully saturated rings. The van der Waals surface area contributed by atoms with Crippen LogP contribution in [0.5, 0.6) is 23.1 Å². The minimum absolute atomic E-state index is 0.0938. The van der Waals surface area contributed by atoms with E-state index in [-0.39, 0.29) is 22.9 Å².